The van der Waals surface area contributed by atoms with Gasteiger partial charge in [-0.25, -0.2) is 0 Å². The Morgan fingerprint density at radius 1 is 0.952 bits per heavy atom. The molecular weight excluding hydrogens is 308 g/mol. The van der Waals surface area contributed by atoms with Gasteiger partial charge in [0.1, 0.15) is 18.3 Å². The minimum Gasteiger partial charge on any atom is -0.348 e. The number of thioether (sulfide) groups is 2. The van der Waals surface area contributed by atoms with Gasteiger partial charge < -0.3 is 18.9 Å². The average molecular weight is 337 g/mol. The lowest BCUT2D eigenvalue weighted by molar-refractivity contribution is -0.174. The molecule has 2 saturated heterocycles. The highest BCUT2D eigenvalue weighted by Crippen LogP contribution is 2.42. The van der Waals surface area contributed by atoms with E-state index in [1.54, 1.807) is 0 Å². The first kappa shape index (κ1) is 17.9. The van der Waals surface area contributed by atoms with Crippen LogP contribution in [-0.4, -0.2) is 52.6 Å². The van der Waals surface area contributed by atoms with E-state index in [2.05, 4.69) is 13.8 Å². The van der Waals surface area contributed by atoms with Crippen LogP contribution in [0.4, 0.5) is 0 Å². The zero-order valence-corrected chi connectivity index (χ0v) is 15.5. The molecule has 0 bridgehead atoms. The van der Waals surface area contributed by atoms with E-state index in [4.69, 9.17) is 18.9 Å². The summed E-state index contributed by atoms with van der Waals surface area (Å²) >= 11 is 3.85. The molecule has 2 fully saturated rings. The van der Waals surface area contributed by atoms with Crippen LogP contribution in [0.2, 0.25) is 0 Å². The topological polar surface area (TPSA) is 36.9 Å². The smallest absolute Gasteiger partial charge is 0.163 e. The van der Waals surface area contributed by atoms with E-state index < -0.39 is 11.6 Å². The van der Waals surface area contributed by atoms with Gasteiger partial charge in [-0.05, 0) is 39.2 Å². The molecule has 0 aromatic heterocycles. The van der Waals surface area contributed by atoms with Gasteiger partial charge in [0.2, 0.25) is 0 Å². The van der Waals surface area contributed by atoms with E-state index in [1.807, 2.05) is 51.2 Å². The predicted octanol–water partition coefficient (Wildman–Crippen LogP) is 3.49. The normalized spacial score (nSPS) is 34.7. The van der Waals surface area contributed by atoms with Gasteiger partial charge in [0.05, 0.1) is 11.2 Å². The molecule has 2 aliphatic heterocycles. The fraction of sp³-hybridized carbons (Fsp3) is 1.00. The van der Waals surface area contributed by atoms with Gasteiger partial charge in [0.15, 0.2) is 11.6 Å². The van der Waals surface area contributed by atoms with Crippen molar-refractivity contribution in [3.63, 3.8) is 0 Å². The molecule has 0 unspecified atom stereocenters. The van der Waals surface area contributed by atoms with E-state index >= 15 is 0 Å². The van der Waals surface area contributed by atoms with Crippen LogP contribution in [0.15, 0.2) is 0 Å². The van der Waals surface area contributed by atoms with E-state index in [1.165, 1.54) is 0 Å². The van der Waals surface area contributed by atoms with Gasteiger partial charge in [-0.1, -0.05) is 13.8 Å². The van der Waals surface area contributed by atoms with Crippen LogP contribution in [0, 0.1) is 0 Å². The van der Waals surface area contributed by atoms with Crippen molar-refractivity contribution in [2.45, 2.75) is 76.0 Å². The van der Waals surface area contributed by atoms with Gasteiger partial charge in [-0.3, -0.25) is 0 Å². The summed E-state index contributed by atoms with van der Waals surface area (Å²) in [6.07, 6.45) is -0.119. The Morgan fingerprint density at radius 2 is 1.57 bits per heavy atom. The van der Waals surface area contributed by atoms with Crippen LogP contribution < -0.4 is 0 Å². The minimum atomic E-state index is -0.563. The third kappa shape index (κ3) is 4.52. The summed E-state index contributed by atoms with van der Waals surface area (Å²) < 4.78 is 24.5. The largest absolute Gasteiger partial charge is 0.348 e. The zero-order valence-electron chi connectivity index (χ0n) is 13.9. The van der Waals surface area contributed by atoms with Crippen LogP contribution in [0.25, 0.3) is 0 Å². The summed E-state index contributed by atoms with van der Waals surface area (Å²) in [5.41, 5.74) is 0. The van der Waals surface area contributed by atoms with E-state index in [-0.39, 0.29) is 18.3 Å². The quantitative estimate of drug-likeness (QED) is 0.691. The predicted molar refractivity (Wildman–Crippen MR) is 88.8 cm³/mol. The maximum Gasteiger partial charge on any atom is 0.163 e. The van der Waals surface area contributed by atoms with Crippen molar-refractivity contribution >= 4 is 23.5 Å². The SMILES string of the molecule is CCSC(SCC)[C@@H]1OC(C)(C)O[C@H]1[C@@H]1COC(C)(C)O1. The lowest BCUT2D eigenvalue weighted by Gasteiger charge is -2.28. The molecule has 0 aromatic carbocycles. The second-order valence-electron chi connectivity index (χ2n) is 6.21. The minimum absolute atomic E-state index is 0.0254. The van der Waals surface area contributed by atoms with E-state index in [0.29, 0.717) is 11.2 Å². The van der Waals surface area contributed by atoms with E-state index in [0.717, 1.165) is 11.5 Å². The average Bonchev–Trinajstić information content (AvgIpc) is 2.88. The molecule has 0 radical (unpaired) electrons. The lowest BCUT2D eigenvalue weighted by atomic mass is 10.1. The van der Waals surface area contributed by atoms with Crippen molar-refractivity contribution in [3.8, 4) is 0 Å². The van der Waals surface area contributed by atoms with Gasteiger partial charge in [-0.2, -0.15) is 0 Å². The monoisotopic (exact) mass is 336 g/mol. The summed E-state index contributed by atoms with van der Waals surface area (Å²) in [6, 6.07) is 0. The summed E-state index contributed by atoms with van der Waals surface area (Å²) in [5.74, 6) is 1.04. The Balaban J connectivity index is 2.12. The molecule has 0 N–H and O–H groups in total. The first-order valence-electron chi connectivity index (χ1n) is 7.68. The summed E-state index contributed by atoms with van der Waals surface area (Å²) in [7, 11) is 0. The molecule has 4 nitrogen and oxygen atoms in total. The molecule has 0 aliphatic carbocycles. The third-order valence-electron chi connectivity index (χ3n) is 3.49. The second-order valence-corrected chi connectivity index (χ2v) is 9.35. The Hall–Kier alpha value is 0.540. The fourth-order valence-corrected chi connectivity index (χ4v) is 5.42. The maximum absolute atomic E-state index is 6.21. The molecule has 2 rings (SSSR count). The molecule has 0 aromatic rings. The molecule has 2 aliphatic rings. The van der Waals surface area contributed by atoms with Gasteiger partial charge >= 0.3 is 0 Å². The Labute approximate surface area is 137 Å². The Bertz CT molecular complexity index is 331. The maximum atomic E-state index is 6.21. The van der Waals surface area contributed by atoms with Crippen molar-refractivity contribution < 1.29 is 18.9 Å². The number of hydrogen-bond acceptors (Lipinski definition) is 6. The molecule has 124 valence electrons. The van der Waals surface area contributed by atoms with Crippen LogP contribution in [0.5, 0.6) is 0 Å². The van der Waals surface area contributed by atoms with Crippen molar-refractivity contribution in [2.75, 3.05) is 18.1 Å². The highest BCUT2D eigenvalue weighted by atomic mass is 32.2. The summed E-state index contributed by atoms with van der Waals surface area (Å²) in [4.78, 5) is 0. The van der Waals surface area contributed by atoms with E-state index in [9.17, 15) is 0 Å². The molecule has 0 spiro atoms. The highest BCUT2D eigenvalue weighted by molar-refractivity contribution is 8.17. The van der Waals surface area contributed by atoms with Gasteiger partial charge in [0, 0.05) is 0 Å². The Kier molecular flexibility index (Phi) is 5.94. The molecule has 3 atom stereocenters. The number of rotatable bonds is 6. The van der Waals surface area contributed by atoms with Crippen molar-refractivity contribution in [2.24, 2.45) is 0 Å². The second kappa shape index (κ2) is 6.97. The third-order valence-corrected chi connectivity index (χ3v) is 6.17. The first-order chi connectivity index (χ1) is 9.78. The van der Waals surface area contributed by atoms with Crippen molar-refractivity contribution in [3.05, 3.63) is 0 Å². The number of ether oxygens (including phenoxy) is 4. The van der Waals surface area contributed by atoms with Crippen LogP contribution in [0.3, 0.4) is 0 Å². The highest BCUT2D eigenvalue weighted by Gasteiger charge is 2.52. The van der Waals surface area contributed by atoms with Gasteiger partial charge in [-0.15, -0.1) is 23.5 Å². The Morgan fingerprint density at radius 3 is 2.05 bits per heavy atom. The summed E-state index contributed by atoms with van der Waals surface area (Å²) in [5, 5.41) is 0. The standard InChI is InChI=1S/C15H28O4S2/c1-7-20-13(21-8-2)12-11(18-15(5,6)19-12)10-9-16-14(3,4)17-10/h10-13H,7-9H2,1-6H3/t10-,11-,12+/m0/s1. The molecule has 0 amide bonds. The van der Waals surface area contributed by atoms with Gasteiger partial charge in [0.25, 0.3) is 0 Å². The van der Waals surface area contributed by atoms with Crippen molar-refractivity contribution in [1.29, 1.82) is 0 Å². The molecule has 21 heavy (non-hydrogen) atoms. The molecule has 2 heterocycles. The van der Waals surface area contributed by atoms with Crippen LogP contribution in [-0.2, 0) is 18.9 Å². The first-order valence-corrected chi connectivity index (χ1v) is 9.78. The molecule has 0 saturated carbocycles. The number of hydrogen-bond donors (Lipinski definition) is 0. The van der Waals surface area contributed by atoms with Crippen molar-refractivity contribution in [1.82, 2.24) is 0 Å². The fourth-order valence-electron chi connectivity index (χ4n) is 2.76. The van der Waals surface area contributed by atoms with Crippen LogP contribution in [0.1, 0.15) is 41.5 Å². The molecule has 6 heteroatoms. The zero-order chi connectivity index (χ0) is 15.7. The summed E-state index contributed by atoms with van der Waals surface area (Å²) in [6.45, 7) is 12.8. The lowest BCUT2D eigenvalue weighted by Crippen LogP contribution is -2.42. The van der Waals surface area contributed by atoms with Crippen LogP contribution >= 0.6 is 23.5 Å². The molecular formula is C15H28O4S2.